The topological polar surface area (TPSA) is 117 Å². The van der Waals surface area contributed by atoms with Crippen molar-refractivity contribution < 1.29 is 4.79 Å². The Hall–Kier alpha value is -2.97. The normalized spacial score (nSPS) is 14.6. The van der Waals surface area contributed by atoms with Gasteiger partial charge < -0.3 is 5.73 Å². The van der Waals surface area contributed by atoms with Crippen LogP contribution in [0.5, 0.6) is 0 Å². The third-order valence-electron chi connectivity index (χ3n) is 4.47. The van der Waals surface area contributed by atoms with Crippen molar-refractivity contribution in [1.82, 2.24) is 29.3 Å². The molecule has 25 heavy (non-hydrogen) atoms. The highest BCUT2D eigenvalue weighted by atomic mass is 16.2. The fraction of sp³-hybridized carbons (Fsp3) is 0.438. The van der Waals surface area contributed by atoms with Crippen molar-refractivity contribution in [2.75, 3.05) is 11.1 Å². The average molecular weight is 340 g/mol. The first-order chi connectivity index (χ1) is 12.2. The first-order valence-corrected chi connectivity index (χ1v) is 8.52. The monoisotopic (exact) mass is 340 g/mol. The van der Waals surface area contributed by atoms with Gasteiger partial charge in [0.15, 0.2) is 17.0 Å². The minimum absolute atomic E-state index is 0.0427. The summed E-state index contributed by atoms with van der Waals surface area (Å²) in [6, 6.07) is 1.83. The molecule has 3 aromatic rings. The SMILES string of the molecule is CCCn1c(-n2cccn2)nc2c(N)nc(NC(=O)C3CCC3)nc21. The van der Waals surface area contributed by atoms with Crippen molar-refractivity contribution in [3.8, 4) is 5.95 Å². The van der Waals surface area contributed by atoms with E-state index in [1.165, 1.54) is 0 Å². The van der Waals surface area contributed by atoms with Crippen LogP contribution in [-0.2, 0) is 11.3 Å². The van der Waals surface area contributed by atoms with Crippen molar-refractivity contribution in [2.45, 2.75) is 39.2 Å². The van der Waals surface area contributed by atoms with Crippen LogP contribution in [0.1, 0.15) is 32.6 Å². The van der Waals surface area contributed by atoms with Gasteiger partial charge >= 0.3 is 0 Å². The molecule has 0 spiro atoms. The lowest BCUT2D eigenvalue weighted by molar-refractivity contribution is -0.122. The van der Waals surface area contributed by atoms with Crippen LogP contribution in [0, 0.1) is 5.92 Å². The number of hydrogen-bond acceptors (Lipinski definition) is 6. The maximum atomic E-state index is 12.2. The van der Waals surface area contributed by atoms with Gasteiger partial charge in [-0.2, -0.15) is 15.1 Å². The predicted molar refractivity (Wildman–Crippen MR) is 93.1 cm³/mol. The van der Waals surface area contributed by atoms with Gasteiger partial charge in [0.05, 0.1) is 0 Å². The first-order valence-electron chi connectivity index (χ1n) is 8.52. The second-order valence-electron chi connectivity index (χ2n) is 6.24. The Balaban J connectivity index is 1.78. The fourth-order valence-electron chi connectivity index (χ4n) is 2.94. The summed E-state index contributed by atoms with van der Waals surface area (Å²) in [6.07, 6.45) is 7.33. The zero-order valence-electron chi connectivity index (χ0n) is 14.0. The van der Waals surface area contributed by atoms with Gasteiger partial charge in [-0.15, -0.1) is 0 Å². The average Bonchev–Trinajstić information content (AvgIpc) is 3.14. The molecule has 1 fully saturated rings. The van der Waals surface area contributed by atoms with Gasteiger partial charge in [-0.25, -0.2) is 9.67 Å². The van der Waals surface area contributed by atoms with Gasteiger partial charge in [0.1, 0.15) is 0 Å². The minimum Gasteiger partial charge on any atom is -0.382 e. The molecular weight excluding hydrogens is 320 g/mol. The molecule has 0 unspecified atom stereocenters. The number of aryl methyl sites for hydroxylation is 1. The van der Waals surface area contributed by atoms with Crippen molar-refractivity contribution in [2.24, 2.45) is 5.92 Å². The molecule has 0 atom stereocenters. The number of carbonyl (C=O) groups is 1. The van der Waals surface area contributed by atoms with Gasteiger partial charge in [-0.05, 0) is 25.3 Å². The molecule has 0 radical (unpaired) electrons. The second-order valence-corrected chi connectivity index (χ2v) is 6.24. The van der Waals surface area contributed by atoms with Gasteiger partial charge in [-0.1, -0.05) is 13.3 Å². The van der Waals surface area contributed by atoms with Crippen molar-refractivity contribution in [3.05, 3.63) is 18.5 Å². The lowest BCUT2D eigenvalue weighted by Gasteiger charge is -2.23. The first kappa shape index (κ1) is 15.6. The smallest absolute Gasteiger partial charge is 0.233 e. The molecule has 130 valence electrons. The number of aromatic nitrogens is 6. The van der Waals surface area contributed by atoms with E-state index in [2.05, 4.69) is 32.3 Å². The van der Waals surface area contributed by atoms with Crippen LogP contribution in [0.25, 0.3) is 17.1 Å². The number of hydrogen-bond donors (Lipinski definition) is 2. The van der Waals surface area contributed by atoms with Crippen molar-refractivity contribution in [1.29, 1.82) is 0 Å². The standard InChI is InChI=1S/C16H20N8O/c1-2-8-23-13-11(19-16(23)24-9-4-7-18-24)12(17)20-15(21-13)22-14(25)10-5-3-6-10/h4,7,9-10H,2-3,5-6,8H2,1H3,(H3,17,20,21,22,25). The Bertz CT molecular complexity index is 910. The molecule has 3 aromatic heterocycles. The van der Waals surface area contributed by atoms with Crippen LogP contribution in [0.4, 0.5) is 11.8 Å². The van der Waals surface area contributed by atoms with E-state index >= 15 is 0 Å². The van der Waals surface area contributed by atoms with Crippen LogP contribution < -0.4 is 11.1 Å². The van der Waals surface area contributed by atoms with Gasteiger partial charge in [0.25, 0.3) is 0 Å². The lowest BCUT2D eigenvalue weighted by atomic mass is 9.85. The molecule has 1 amide bonds. The van der Waals surface area contributed by atoms with Crippen LogP contribution in [0.3, 0.4) is 0 Å². The number of nitrogens with two attached hydrogens (primary N) is 1. The predicted octanol–water partition coefficient (Wildman–Crippen LogP) is 1.74. The summed E-state index contributed by atoms with van der Waals surface area (Å²) < 4.78 is 3.61. The number of nitrogens with zero attached hydrogens (tertiary/aromatic N) is 6. The van der Waals surface area contributed by atoms with E-state index in [0.29, 0.717) is 23.7 Å². The second kappa shape index (κ2) is 6.15. The number of imidazole rings is 1. The minimum atomic E-state index is -0.0427. The van der Waals surface area contributed by atoms with Crippen molar-refractivity contribution >= 4 is 28.8 Å². The summed E-state index contributed by atoms with van der Waals surface area (Å²) >= 11 is 0. The molecule has 0 aromatic carbocycles. The van der Waals surface area contributed by atoms with Crippen LogP contribution in [-0.4, -0.2) is 35.2 Å². The Morgan fingerprint density at radius 3 is 2.84 bits per heavy atom. The molecule has 1 aliphatic carbocycles. The van der Waals surface area contributed by atoms with Gasteiger partial charge in [0, 0.05) is 24.9 Å². The highest BCUT2D eigenvalue weighted by Crippen LogP contribution is 2.28. The number of anilines is 2. The molecule has 9 heteroatoms. The Morgan fingerprint density at radius 2 is 2.20 bits per heavy atom. The molecule has 0 aliphatic heterocycles. The van der Waals surface area contributed by atoms with Crippen molar-refractivity contribution in [3.63, 3.8) is 0 Å². The molecular formula is C16H20N8O. The van der Waals surface area contributed by atoms with Crippen LogP contribution >= 0.6 is 0 Å². The molecule has 0 bridgehead atoms. The largest absolute Gasteiger partial charge is 0.382 e. The van der Waals surface area contributed by atoms with E-state index in [1.54, 1.807) is 10.9 Å². The summed E-state index contributed by atoms with van der Waals surface area (Å²) in [7, 11) is 0. The van der Waals surface area contributed by atoms with E-state index in [4.69, 9.17) is 5.73 Å². The highest BCUT2D eigenvalue weighted by Gasteiger charge is 2.26. The summed E-state index contributed by atoms with van der Waals surface area (Å²) in [4.78, 5) is 25.4. The summed E-state index contributed by atoms with van der Waals surface area (Å²) in [5.41, 5.74) is 7.19. The number of carbonyl (C=O) groups excluding carboxylic acids is 1. The molecule has 1 saturated carbocycles. The Kier molecular flexibility index (Phi) is 3.83. The van der Waals surface area contributed by atoms with Crippen LogP contribution in [0.15, 0.2) is 18.5 Å². The summed E-state index contributed by atoms with van der Waals surface area (Å²) in [6.45, 7) is 2.78. The molecule has 3 heterocycles. The summed E-state index contributed by atoms with van der Waals surface area (Å²) in [5, 5.41) is 7.03. The van der Waals surface area contributed by atoms with Crippen LogP contribution in [0.2, 0.25) is 0 Å². The number of nitrogen functional groups attached to an aromatic ring is 1. The molecule has 1 aliphatic rings. The highest BCUT2D eigenvalue weighted by molar-refractivity contribution is 5.93. The zero-order chi connectivity index (χ0) is 17.4. The third-order valence-corrected chi connectivity index (χ3v) is 4.47. The Labute approximate surface area is 144 Å². The number of nitrogens with one attached hydrogen (secondary N) is 1. The van der Waals surface area contributed by atoms with E-state index < -0.39 is 0 Å². The van der Waals surface area contributed by atoms with Gasteiger partial charge in [0.2, 0.25) is 17.8 Å². The fourth-order valence-corrected chi connectivity index (χ4v) is 2.94. The molecule has 3 N–H and O–H groups in total. The molecule has 9 nitrogen and oxygen atoms in total. The number of rotatable bonds is 5. The number of amides is 1. The van der Waals surface area contributed by atoms with Gasteiger partial charge in [-0.3, -0.25) is 14.7 Å². The lowest BCUT2D eigenvalue weighted by Crippen LogP contribution is -2.29. The van der Waals surface area contributed by atoms with E-state index in [-0.39, 0.29) is 23.6 Å². The van der Waals surface area contributed by atoms with E-state index in [0.717, 1.165) is 25.7 Å². The quantitative estimate of drug-likeness (QED) is 0.731. The third kappa shape index (κ3) is 2.71. The maximum absolute atomic E-state index is 12.2. The molecule has 4 rings (SSSR count). The zero-order valence-corrected chi connectivity index (χ0v) is 14.0. The number of fused-ring (bicyclic) bond motifs is 1. The van der Waals surface area contributed by atoms with E-state index in [9.17, 15) is 4.79 Å². The molecule has 0 saturated heterocycles. The summed E-state index contributed by atoms with van der Waals surface area (Å²) in [5.74, 6) is 1.12. The Morgan fingerprint density at radius 1 is 1.36 bits per heavy atom. The van der Waals surface area contributed by atoms with E-state index in [1.807, 2.05) is 16.8 Å². The maximum Gasteiger partial charge on any atom is 0.233 e.